The molecule has 4 rings (SSSR count). The van der Waals surface area contributed by atoms with E-state index in [4.69, 9.17) is 20.3 Å². The second-order valence-corrected chi connectivity index (χ2v) is 14.6. The van der Waals surface area contributed by atoms with Gasteiger partial charge in [-0.2, -0.15) is 26.3 Å². The maximum atomic E-state index is 14.8. The number of aromatic nitrogens is 1. The summed E-state index contributed by atoms with van der Waals surface area (Å²) in [7, 11) is 1.48. The van der Waals surface area contributed by atoms with Gasteiger partial charge < -0.3 is 30.1 Å². The summed E-state index contributed by atoms with van der Waals surface area (Å²) in [4.78, 5) is 45.1. The lowest BCUT2D eigenvalue weighted by Crippen LogP contribution is -2.67. The van der Waals surface area contributed by atoms with E-state index in [1.54, 1.807) is 31.2 Å². The zero-order chi connectivity index (χ0) is 40.6. The Balaban J connectivity index is 1.69. The molecule has 0 spiro atoms. The molecule has 1 fully saturated rings. The number of thiophene rings is 1. The minimum absolute atomic E-state index is 0.00531. The fraction of sp³-hybridized carbons (Fsp3) is 0.526. The Hall–Kier alpha value is -4.38. The third-order valence-corrected chi connectivity index (χ3v) is 10.8. The Morgan fingerprint density at radius 3 is 2.44 bits per heavy atom. The van der Waals surface area contributed by atoms with Crippen LogP contribution in [0, 0.1) is 0 Å². The van der Waals surface area contributed by atoms with Crippen LogP contribution in [0.4, 0.5) is 26.3 Å². The van der Waals surface area contributed by atoms with Crippen LogP contribution >= 0.6 is 11.3 Å². The Morgan fingerprint density at radius 1 is 1.07 bits per heavy atom. The third-order valence-electron chi connectivity index (χ3n) is 9.90. The Morgan fingerprint density at radius 2 is 1.80 bits per heavy atom. The number of nitrogens with zero attached hydrogens (tertiary/aromatic N) is 3. The predicted molar refractivity (Wildman–Crippen MR) is 193 cm³/mol. The molecule has 1 aliphatic heterocycles. The number of unbranched alkanes of at least 4 members (excludes halogenated alkanes) is 1. The van der Waals surface area contributed by atoms with Crippen LogP contribution in [0.25, 0.3) is 0 Å². The smallest absolute Gasteiger partial charge is 0.425 e. The van der Waals surface area contributed by atoms with Crippen molar-refractivity contribution in [3.63, 3.8) is 0 Å². The molecule has 17 heteroatoms. The monoisotopic (exact) mass is 800 g/mol. The van der Waals surface area contributed by atoms with E-state index in [0.717, 1.165) is 28.7 Å². The van der Waals surface area contributed by atoms with Gasteiger partial charge in [-0.05, 0) is 50.7 Å². The van der Waals surface area contributed by atoms with Gasteiger partial charge in [0.2, 0.25) is 5.60 Å². The highest BCUT2D eigenvalue weighted by atomic mass is 32.1. The molecule has 55 heavy (non-hydrogen) atoms. The number of amides is 2. The van der Waals surface area contributed by atoms with Gasteiger partial charge in [0.25, 0.3) is 11.8 Å². The lowest BCUT2D eigenvalue weighted by molar-refractivity contribution is -0.158. The number of aliphatic carboxylic acids is 1. The number of alkyl halides is 6. The van der Waals surface area contributed by atoms with E-state index in [2.05, 4.69) is 4.98 Å². The molecule has 10 nitrogen and oxygen atoms in total. The third kappa shape index (κ3) is 10.3. The molecule has 3 atom stereocenters. The summed E-state index contributed by atoms with van der Waals surface area (Å²) in [6.07, 6.45) is -5.87. The standard InChI is InChI=1S/C38H46F6N4O6S/c1-4-11-30-36(54-25-22-31(55-24-25)38(42,43)44,16-10-19-48(30)33(51)26-23-46-18-15-27(26)37(39,40)41)34(52)47(3)20-17-35(45,5-2)28-12-6-7-13-29(28)53-21-9-8-14-32(49)50/h6-7,12-13,15,18,22-24,30H,4-5,8-11,14,16-17,19-21,45H2,1-3H3,(H,49,50)/t30-,35?,36+/m1/s1. The molecule has 302 valence electrons. The highest BCUT2D eigenvalue weighted by Crippen LogP contribution is 2.43. The lowest BCUT2D eigenvalue weighted by atomic mass is 9.79. The van der Waals surface area contributed by atoms with E-state index in [1.807, 2.05) is 6.92 Å². The first-order chi connectivity index (χ1) is 25.9. The number of pyridine rings is 1. The number of hydrogen-bond donors (Lipinski definition) is 2. The van der Waals surface area contributed by atoms with Crippen molar-refractivity contribution >= 4 is 29.1 Å². The summed E-state index contributed by atoms with van der Waals surface area (Å²) >= 11 is 0.369. The normalized spacial score (nSPS) is 18.7. The Labute approximate surface area is 319 Å². The van der Waals surface area contributed by atoms with E-state index in [1.165, 1.54) is 11.9 Å². The number of halogens is 6. The molecule has 0 aliphatic carbocycles. The van der Waals surface area contributed by atoms with Gasteiger partial charge in [0.1, 0.15) is 16.4 Å². The molecule has 0 bridgehead atoms. The summed E-state index contributed by atoms with van der Waals surface area (Å²) in [5, 5.41) is 10.0. The SMILES string of the molecule is CCC[C@H]1N(C(=O)c2cnccc2C(F)(F)F)CCC[C@@]1(Oc1csc(C(F)(F)F)c1)C(=O)N(C)CCC(N)(CC)c1ccccc1OCCCCC(=O)O. The number of likely N-dealkylation sites (tertiary alicyclic amines) is 1. The van der Waals surface area contributed by atoms with Gasteiger partial charge in [0.15, 0.2) is 0 Å². The number of carboxylic acid groups (broad SMARTS) is 1. The quantitative estimate of drug-likeness (QED) is 0.103. The van der Waals surface area contributed by atoms with E-state index in [-0.39, 0.29) is 57.6 Å². The molecule has 1 unspecified atom stereocenters. The molecule has 2 amide bonds. The van der Waals surface area contributed by atoms with Crippen LogP contribution in [0.15, 0.2) is 54.2 Å². The topological polar surface area (TPSA) is 135 Å². The number of rotatable bonds is 17. The van der Waals surface area contributed by atoms with Crippen LogP contribution in [0.2, 0.25) is 0 Å². The summed E-state index contributed by atoms with van der Waals surface area (Å²) < 4.78 is 95.5. The van der Waals surface area contributed by atoms with Gasteiger partial charge in [-0.15, -0.1) is 11.3 Å². The first-order valence-electron chi connectivity index (χ1n) is 18.0. The van der Waals surface area contributed by atoms with E-state index in [9.17, 15) is 40.7 Å². The highest BCUT2D eigenvalue weighted by Gasteiger charge is 2.55. The number of para-hydroxylation sites is 1. The lowest BCUT2D eigenvalue weighted by Gasteiger charge is -2.49. The molecule has 0 radical (unpaired) electrons. The average Bonchev–Trinajstić information content (AvgIpc) is 3.62. The number of likely N-dealkylation sites (N-methyl/N-ethyl adjacent to an activating group) is 1. The van der Waals surface area contributed by atoms with Crippen molar-refractivity contribution in [2.24, 2.45) is 5.73 Å². The number of hydrogen-bond acceptors (Lipinski definition) is 8. The van der Waals surface area contributed by atoms with Gasteiger partial charge >= 0.3 is 18.3 Å². The van der Waals surface area contributed by atoms with Gasteiger partial charge in [-0.25, -0.2) is 0 Å². The summed E-state index contributed by atoms with van der Waals surface area (Å²) in [5.74, 6) is -2.38. The van der Waals surface area contributed by atoms with Gasteiger partial charge in [0.05, 0.1) is 23.8 Å². The number of piperidine rings is 1. The number of nitrogens with two attached hydrogens (primary N) is 1. The van der Waals surface area contributed by atoms with E-state index >= 15 is 0 Å². The van der Waals surface area contributed by atoms with Crippen LogP contribution in [0.1, 0.15) is 98.0 Å². The molecule has 1 aromatic carbocycles. The zero-order valence-corrected chi connectivity index (χ0v) is 31.7. The second kappa shape index (κ2) is 18.0. The maximum absolute atomic E-state index is 14.8. The number of carboxylic acids is 1. The first kappa shape index (κ1) is 43.3. The molecule has 1 aliphatic rings. The average molecular weight is 801 g/mol. The highest BCUT2D eigenvalue weighted by molar-refractivity contribution is 7.10. The van der Waals surface area contributed by atoms with E-state index < -0.39 is 63.3 Å². The fourth-order valence-corrected chi connectivity index (χ4v) is 7.64. The van der Waals surface area contributed by atoms with Crippen molar-refractivity contribution in [2.75, 3.05) is 26.7 Å². The van der Waals surface area contributed by atoms with Crippen molar-refractivity contribution in [2.45, 2.75) is 101 Å². The molecule has 1 saturated heterocycles. The maximum Gasteiger partial charge on any atom is 0.425 e. The largest absolute Gasteiger partial charge is 0.493 e. The minimum atomic E-state index is -4.89. The fourth-order valence-electron chi connectivity index (χ4n) is 6.96. The van der Waals surface area contributed by atoms with Crippen molar-refractivity contribution < 1.29 is 55.3 Å². The summed E-state index contributed by atoms with van der Waals surface area (Å²) in [6.45, 7) is 3.85. The molecule has 0 saturated carbocycles. The first-order valence-corrected chi connectivity index (χ1v) is 18.9. The van der Waals surface area contributed by atoms with Crippen LogP contribution in [-0.2, 0) is 27.5 Å². The van der Waals surface area contributed by atoms with E-state index in [0.29, 0.717) is 54.4 Å². The van der Waals surface area contributed by atoms with Crippen LogP contribution in [0.3, 0.4) is 0 Å². The molecular weight excluding hydrogens is 754 g/mol. The van der Waals surface area contributed by atoms with Crippen molar-refractivity contribution in [3.8, 4) is 11.5 Å². The molecule has 3 aromatic rings. The van der Waals surface area contributed by atoms with Crippen molar-refractivity contribution in [1.82, 2.24) is 14.8 Å². The zero-order valence-electron chi connectivity index (χ0n) is 30.8. The molecule has 3 N–H and O–H groups in total. The number of carbonyl (C=O) groups excluding carboxylic acids is 2. The second-order valence-electron chi connectivity index (χ2n) is 13.6. The Bertz CT molecular complexity index is 1790. The van der Waals surface area contributed by atoms with Gasteiger partial charge in [0, 0.05) is 67.9 Å². The summed E-state index contributed by atoms with van der Waals surface area (Å²) in [6, 6.07) is 7.38. The minimum Gasteiger partial charge on any atom is -0.493 e. The number of benzene rings is 1. The van der Waals surface area contributed by atoms with Crippen molar-refractivity contribution in [3.05, 3.63) is 75.7 Å². The molecule has 3 heterocycles. The van der Waals surface area contributed by atoms with Crippen LogP contribution in [-0.4, -0.2) is 76.1 Å². The number of carbonyl (C=O) groups is 3. The van der Waals surface area contributed by atoms with Crippen molar-refractivity contribution in [1.29, 1.82) is 0 Å². The number of ether oxygens (including phenoxy) is 2. The van der Waals surface area contributed by atoms with Crippen LogP contribution in [0.5, 0.6) is 11.5 Å². The van der Waals surface area contributed by atoms with Gasteiger partial charge in [-0.1, -0.05) is 38.5 Å². The molecular formula is C38H46F6N4O6S. The molecule has 2 aromatic heterocycles. The predicted octanol–water partition coefficient (Wildman–Crippen LogP) is 8.15. The Kier molecular flexibility index (Phi) is 14.2. The van der Waals surface area contributed by atoms with Gasteiger partial charge in [-0.3, -0.25) is 19.4 Å². The van der Waals surface area contributed by atoms with Crippen LogP contribution < -0.4 is 15.2 Å². The summed E-state index contributed by atoms with van der Waals surface area (Å²) in [5.41, 5.74) is 2.68.